The van der Waals surface area contributed by atoms with Gasteiger partial charge in [-0.3, -0.25) is 4.79 Å². The number of primary amides is 1. The minimum Gasteiger partial charge on any atom is -0.366 e. The zero-order chi connectivity index (χ0) is 13.5. The molecule has 0 saturated carbocycles. The molecular weight excluding hydrogens is 224 g/mol. The maximum absolute atomic E-state index is 11.3. The Morgan fingerprint density at radius 2 is 1.94 bits per heavy atom. The highest BCUT2D eigenvalue weighted by atomic mass is 16.1. The van der Waals surface area contributed by atoms with E-state index in [9.17, 15) is 4.79 Å². The highest BCUT2D eigenvalue weighted by Gasteiger charge is 2.10. The van der Waals surface area contributed by atoms with Crippen LogP contribution in [-0.2, 0) is 11.3 Å². The van der Waals surface area contributed by atoms with E-state index >= 15 is 0 Å². The maximum atomic E-state index is 11.3. The molecule has 0 radical (unpaired) electrons. The van der Waals surface area contributed by atoms with Crippen molar-refractivity contribution in [1.82, 2.24) is 0 Å². The summed E-state index contributed by atoms with van der Waals surface area (Å²) in [6.45, 7) is 8.08. The van der Waals surface area contributed by atoms with E-state index in [0.717, 1.165) is 5.57 Å². The van der Waals surface area contributed by atoms with Gasteiger partial charge in [-0.25, -0.2) is 4.99 Å². The van der Waals surface area contributed by atoms with Crippen molar-refractivity contribution in [2.24, 2.45) is 5.73 Å². The summed E-state index contributed by atoms with van der Waals surface area (Å²) >= 11 is 0. The minimum absolute atomic E-state index is 0.447. The Labute approximate surface area is 108 Å². The van der Waals surface area contributed by atoms with Crippen molar-refractivity contribution in [3.8, 4) is 0 Å². The summed E-state index contributed by atoms with van der Waals surface area (Å²) in [5.41, 5.74) is 8.45. The third-order valence-corrected chi connectivity index (χ3v) is 2.54. The molecule has 0 aliphatic carbocycles. The van der Waals surface area contributed by atoms with Gasteiger partial charge in [0.15, 0.2) is 12.8 Å². The molecule has 1 amide bonds. The monoisotopic (exact) mass is 243 g/mol. The first-order valence-electron chi connectivity index (χ1n) is 5.79. The zero-order valence-electron chi connectivity index (χ0n) is 10.9. The van der Waals surface area contributed by atoms with Crippen LogP contribution in [0.3, 0.4) is 0 Å². The highest BCUT2D eigenvalue weighted by molar-refractivity contribution is 6.01. The molecule has 0 aliphatic rings. The first kappa shape index (κ1) is 13.9. The molecule has 94 valence electrons. The molecule has 1 rings (SSSR count). The number of carbonyl (C=O) groups excluding carboxylic acids is 1. The Hall–Kier alpha value is -2.16. The second kappa shape index (κ2) is 6.55. The van der Waals surface area contributed by atoms with Gasteiger partial charge in [-0.1, -0.05) is 36.9 Å². The molecule has 0 saturated heterocycles. The van der Waals surface area contributed by atoms with Crippen LogP contribution in [0, 0.1) is 0 Å². The lowest BCUT2D eigenvalue weighted by Crippen LogP contribution is -2.67. The molecule has 18 heavy (non-hydrogen) atoms. The van der Waals surface area contributed by atoms with Crippen LogP contribution in [0.4, 0.5) is 0 Å². The standard InChI is InChI=1S/C15H18N2O/c1-11(2)14(15(16)18)12(3)9-17-10-13-7-5-4-6-8-13/h4-9H,1,10H2,2-3H3,(H2,16,18)/p+1/b14-12+,17-9?. The Bertz CT molecular complexity index is 482. The number of benzene rings is 1. The molecule has 1 aromatic rings. The third-order valence-electron chi connectivity index (χ3n) is 2.54. The van der Waals surface area contributed by atoms with Gasteiger partial charge in [0, 0.05) is 11.1 Å². The van der Waals surface area contributed by atoms with E-state index in [2.05, 4.69) is 11.6 Å². The van der Waals surface area contributed by atoms with E-state index in [1.54, 1.807) is 13.1 Å². The average Bonchev–Trinajstić information content (AvgIpc) is 2.29. The highest BCUT2D eigenvalue weighted by Crippen LogP contribution is 2.09. The van der Waals surface area contributed by atoms with Gasteiger partial charge < -0.3 is 5.73 Å². The fraction of sp³-hybridized carbons (Fsp3) is 0.200. The first-order chi connectivity index (χ1) is 8.52. The fourth-order valence-electron chi connectivity index (χ4n) is 1.73. The van der Waals surface area contributed by atoms with Gasteiger partial charge in [0.2, 0.25) is 5.91 Å². The predicted molar refractivity (Wildman–Crippen MR) is 73.9 cm³/mol. The summed E-state index contributed by atoms with van der Waals surface area (Å²) in [7, 11) is 0. The summed E-state index contributed by atoms with van der Waals surface area (Å²) in [5, 5.41) is 0. The summed E-state index contributed by atoms with van der Waals surface area (Å²) in [6, 6.07) is 10.0. The Morgan fingerprint density at radius 3 is 2.44 bits per heavy atom. The topological polar surface area (TPSA) is 57.1 Å². The smallest absolute Gasteiger partial charge is 0.249 e. The summed E-state index contributed by atoms with van der Waals surface area (Å²) in [4.78, 5) is 14.4. The predicted octanol–water partition coefficient (Wildman–Crippen LogP) is 0.716. The van der Waals surface area contributed by atoms with E-state index in [4.69, 9.17) is 5.73 Å². The molecule has 0 spiro atoms. The molecular formula is C15H19N2O+. The number of allylic oxidation sites excluding steroid dienone is 1. The van der Waals surface area contributed by atoms with E-state index in [-0.39, 0.29) is 0 Å². The van der Waals surface area contributed by atoms with Crippen molar-refractivity contribution < 1.29 is 9.79 Å². The lowest BCUT2D eigenvalue weighted by molar-refractivity contribution is -0.469. The number of hydrogen-bond donors (Lipinski definition) is 2. The van der Waals surface area contributed by atoms with Gasteiger partial charge in [-0.2, -0.15) is 0 Å². The van der Waals surface area contributed by atoms with E-state index in [1.165, 1.54) is 5.56 Å². The second-order valence-corrected chi connectivity index (χ2v) is 4.21. The number of carbonyl (C=O) groups is 1. The van der Waals surface area contributed by atoms with Gasteiger partial charge in [0.25, 0.3) is 0 Å². The molecule has 3 N–H and O–H groups in total. The van der Waals surface area contributed by atoms with Crippen LogP contribution in [-0.4, -0.2) is 12.1 Å². The van der Waals surface area contributed by atoms with E-state index < -0.39 is 5.91 Å². The largest absolute Gasteiger partial charge is 0.366 e. The maximum Gasteiger partial charge on any atom is 0.249 e. The molecule has 0 fully saturated rings. The lowest BCUT2D eigenvalue weighted by Gasteiger charge is -2.02. The van der Waals surface area contributed by atoms with Crippen LogP contribution >= 0.6 is 0 Å². The zero-order valence-corrected chi connectivity index (χ0v) is 10.9. The van der Waals surface area contributed by atoms with Crippen molar-refractivity contribution in [2.45, 2.75) is 20.4 Å². The normalized spacial score (nSPS) is 12.3. The molecule has 0 bridgehead atoms. The number of amides is 1. The molecule has 0 aliphatic heterocycles. The van der Waals surface area contributed by atoms with Crippen LogP contribution in [0.25, 0.3) is 0 Å². The second-order valence-electron chi connectivity index (χ2n) is 4.21. The summed E-state index contributed by atoms with van der Waals surface area (Å²) in [6.07, 6.45) is 1.79. The van der Waals surface area contributed by atoms with Crippen molar-refractivity contribution in [3.63, 3.8) is 0 Å². The van der Waals surface area contributed by atoms with Crippen molar-refractivity contribution in [1.29, 1.82) is 0 Å². The number of nitrogens with one attached hydrogen (secondary N) is 1. The Kier molecular flexibility index (Phi) is 5.06. The van der Waals surface area contributed by atoms with Crippen LogP contribution < -0.4 is 10.7 Å². The van der Waals surface area contributed by atoms with Crippen LogP contribution in [0.15, 0.2) is 53.6 Å². The van der Waals surface area contributed by atoms with E-state index in [1.807, 2.05) is 37.3 Å². The van der Waals surface area contributed by atoms with Gasteiger partial charge in [-0.15, -0.1) is 0 Å². The van der Waals surface area contributed by atoms with Crippen LogP contribution in [0.2, 0.25) is 0 Å². The van der Waals surface area contributed by atoms with E-state index in [0.29, 0.717) is 17.7 Å². The van der Waals surface area contributed by atoms with Crippen LogP contribution in [0.5, 0.6) is 0 Å². The first-order valence-corrected chi connectivity index (χ1v) is 5.79. The number of nitrogens with two attached hydrogens (primary N) is 1. The molecule has 3 heteroatoms. The molecule has 3 nitrogen and oxygen atoms in total. The van der Waals surface area contributed by atoms with Gasteiger partial charge in [0.05, 0.1) is 5.57 Å². The minimum atomic E-state index is -0.447. The van der Waals surface area contributed by atoms with Crippen molar-refractivity contribution in [3.05, 3.63) is 59.2 Å². The average molecular weight is 243 g/mol. The van der Waals surface area contributed by atoms with Crippen LogP contribution in [0.1, 0.15) is 19.4 Å². The molecule has 0 aromatic heterocycles. The van der Waals surface area contributed by atoms with Gasteiger partial charge in [-0.05, 0) is 19.4 Å². The molecule has 0 atom stereocenters. The number of rotatable bonds is 5. The quantitative estimate of drug-likeness (QED) is 0.447. The third kappa shape index (κ3) is 4.01. The molecule has 1 aromatic carbocycles. The Morgan fingerprint density at radius 1 is 1.33 bits per heavy atom. The van der Waals surface area contributed by atoms with Gasteiger partial charge >= 0.3 is 0 Å². The summed E-state index contributed by atoms with van der Waals surface area (Å²) < 4.78 is 0. The fourth-order valence-corrected chi connectivity index (χ4v) is 1.73. The number of hydrogen-bond acceptors (Lipinski definition) is 1. The Balaban J connectivity index is 2.80. The SMILES string of the molecule is C=C(C)/C(C(N)=O)=C(/C)C=[NH+]Cc1ccccc1. The molecule has 0 unspecified atom stereocenters. The van der Waals surface area contributed by atoms with Crippen molar-refractivity contribution in [2.75, 3.05) is 0 Å². The lowest BCUT2D eigenvalue weighted by atomic mass is 10.0. The summed E-state index contributed by atoms with van der Waals surface area (Å²) in [5.74, 6) is -0.447. The van der Waals surface area contributed by atoms with Gasteiger partial charge in [0.1, 0.15) is 0 Å². The molecule has 0 heterocycles. The van der Waals surface area contributed by atoms with Crippen molar-refractivity contribution >= 4 is 12.1 Å².